The van der Waals surface area contributed by atoms with Crippen molar-refractivity contribution in [3.8, 4) is 5.69 Å². The molecule has 1 atom stereocenters. The van der Waals surface area contributed by atoms with E-state index < -0.39 is 5.25 Å². The van der Waals surface area contributed by atoms with Crippen LogP contribution in [-0.4, -0.2) is 48.0 Å². The van der Waals surface area contributed by atoms with Gasteiger partial charge in [0.25, 0.3) is 0 Å². The number of nitrogens with one attached hydrogen (secondary N) is 2. The molecule has 0 saturated carbocycles. The molecule has 0 spiro atoms. The number of amides is 2. The molecule has 44 heavy (non-hydrogen) atoms. The van der Waals surface area contributed by atoms with Crippen molar-refractivity contribution in [2.75, 3.05) is 11.1 Å². The topological polar surface area (TPSA) is 115 Å². The second kappa shape index (κ2) is 13.8. The van der Waals surface area contributed by atoms with Crippen molar-refractivity contribution in [3.63, 3.8) is 0 Å². The molecule has 12 heteroatoms. The van der Waals surface area contributed by atoms with E-state index in [0.717, 1.165) is 31.4 Å². The fourth-order valence-electron chi connectivity index (χ4n) is 4.46. The van der Waals surface area contributed by atoms with Crippen molar-refractivity contribution < 1.29 is 9.59 Å². The average Bonchev–Trinajstić information content (AvgIpc) is 3.70. The van der Waals surface area contributed by atoms with Crippen LogP contribution in [0.15, 0.2) is 119 Å². The Hall–Kier alpha value is -4.52. The molecule has 9 nitrogen and oxygen atoms in total. The lowest BCUT2D eigenvalue weighted by Crippen LogP contribution is -2.30. The second-order valence-corrected chi connectivity index (χ2v) is 13.3. The van der Waals surface area contributed by atoms with Crippen molar-refractivity contribution in [3.05, 3.63) is 120 Å². The summed E-state index contributed by atoms with van der Waals surface area (Å²) in [6.07, 6.45) is 0. The molecule has 0 aliphatic rings. The third kappa shape index (κ3) is 7.16. The Morgan fingerprint density at radius 3 is 2.23 bits per heavy atom. The number of tetrazole rings is 1. The molecule has 0 bridgehead atoms. The molecule has 2 heterocycles. The zero-order valence-corrected chi connectivity index (χ0v) is 26.0. The summed E-state index contributed by atoms with van der Waals surface area (Å²) in [7, 11) is 0. The first-order chi connectivity index (χ1) is 21.5. The summed E-state index contributed by atoms with van der Waals surface area (Å²) in [4.78, 5) is 30.7. The van der Waals surface area contributed by atoms with Crippen LogP contribution in [0.25, 0.3) is 15.9 Å². The van der Waals surface area contributed by atoms with Gasteiger partial charge in [0, 0.05) is 5.69 Å². The molecule has 4 aromatic carbocycles. The fraction of sp³-hybridized carbons (Fsp3) is 0.125. The number of anilines is 1. The van der Waals surface area contributed by atoms with Crippen LogP contribution in [0, 0.1) is 0 Å². The number of thioether (sulfide) groups is 2. The molecule has 2 amide bonds. The lowest BCUT2D eigenvalue weighted by atomic mass is 9.99. The van der Waals surface area contributed by atoms with E-state index in [4.69, 9.17) is 0 Å². The zero-order valence-electron chi connectivity index (χ0n) is 23.5. The van der Waals surface area contributed by atoms with Gasteiger partial charge >= 0.3 is 0 Å². The predicted octanol–water partition coefficient (Wildman–Crippen LogP) is 6.39. The molecule has 0 aliphatic heterocycles. The van der Waals surface area contributed by atoms with Gasteiger partial charge < -0.3 is 10.6 Å². The van der Waals surface area contributed by atoms with Crippen LogP contribution < -0.4 is 10.6 Å². The highest BCUT2D eigenvalue weighted by atomic mass is 32.2. The number of benzene rings is 4. The molecule has 220 valence electrons. The van der Waals surface area contributed by atoms with Crippen LogP contribution >= 0.6 is 34.9 Å². The van der Waals surface area contributed by atoms with Gasteiger partial charge in [-0.05, 0) is 58.8 Å². The number of hydrogen-bond donors (Lipinski definition) is 2. The van der Waals surface area contributed by atoms with Gasteiger partial charge in [0.1, 0.15) is 0 Å². The van der Waals surface area contributed by atoms with Crippen molar-refractivity contribution in [2.45, 2.75) is 27.7 Å². The quantitative estimate of drug-likeness (QED) is 0.157. The third-order valence-corrected chi connectivity index (χ3v) is 9.82. The highest BCUT2D eigenvalue weighted by Crippen LogP contribution is 2.32. The Labute approximate surface area is 266 Å². The summed E-state index contributed by atoms with van der Waals surface area (Å²) in [5.74, 6) is -0.0135. The molecule has 0 saturated heterocycles. The molecule has 2 aromatic heterocycles. The van der Waals surface area contributed by atoms with Gasteiger partial charge in [0.2, 0.25) is 17.0 Å². The van der Waals surface area contributed by atoms with E-state index in [9.17, 15) is 9.59 Å². The molecule has 1 unspecified atom stereocenters. The van der Waals surface area contributed by atoms with E-state index in [1.54, 1.807) is 4.68 Å². The molecule has 0 radical (unpaired) electrons. The number of rotatable bonds is 11. The first-order valence-corrected chi connectivity index (χ1v) is 16.5. The summed E-state index contributed by atoms with van der Waals surface area (Å²) in [5.41, 5.74) is 4.35. The summed E-state index contributed by atoms with van der Waals surface area (Å²) >= 11 is 4.17. The minimum absolute atomic E-state index is 0.0790. The van der Waals surface area contributed by atoms with Crippen molar-refractivity contribution in [1.82, 2.24) is 30.5 Å². The summed E-state index contributed by atoms with van der Waals surface area (Å²) in [6.45, 7) is 1.81. The van der Waals surface area contributed by atoms with Gasteiger partial charge in [-0.3, -0.25) is 9.59 Å². The maximum atomic E-state index is 13.0. The van der Waals surface area contributed by atoms with Crippen LogP contribution in [0.1, 0.15) is 24.1 Å². The van der Waals surface area contributed by atoms with E-state index in [1.165, 1.54) is 34.9 Å². The monoisotopic (exact) mass is 637 g/mol. The molecular formula is C32H27N7O2S3. The number of thiazole rings is 1. The van der Waals surface area contributed by atoms with E-state index in [2.05, 4.69) is 31.1 Å². The van der Waals surface area contributed by atoms with Crippen LogP contribution in [-0.2, 0) is 9.59 Å². The molecule has 6 aromatic rings. The predicted molar refractivity (Wildman–Crippen MR) is 176 cm³/mol. The Kier molecular flexibility index (Phi) is 9.30. The van der Waals surface area contributed by atoms with Gasteiger partial charge in [-0.25, -0.2) is 4.98 Å². The first-order valence-electron chi connectivity index (χ1n) is 13.8. The molecular weight excluding hydrogens is 611 g/mol. The Morgan fingerprint density at radius 2 is 1.55 bits per heavy atom. The SMILES string of the molecule is CC(Sc1nnnn1-c1ccccc1)C(=O)Nc1ccc2nc(SCC(=O)NC(c3ccccc3)c3ccccc3)sc2c1. The van der Waals surface area contributed by atoms with E-state index in [1.807, 2.05) is 116 Å². The smallest absolute Gasteiger partial charge is 0.237 e. The number of nitrogens with zero attached hydrogens (tertiary/aromatic N) is 5. The maximum Gasteiger partial charge on any atom is 0.237 e. The van der Waals surface area contributed by atoms with E-state index >= 15 is 0 Å². The fourth-order valence-corrected chi connectivity index (χ4v) is 7.19. The minimum atomic E-state index is -0.444. The third-order valence-electron chi connectivity index (χ3n) is 6.63. The maximum absolute atomic E-state index is 13.0. The number of carbonyl (C=O) groups excluding carboxylic acids is 2. The number of para-hydroxylation sites is 1. The van der Waals surface area contributed by atoms with Gasteiger partial charge in [-0.15, -0.1) is 16.4 Å². The second-order valence-electron chi connectivity index (χ2n) is 9.73. The number of carbonyl (C=O) groups is 2. The van der Waals surface area contributed by atoms with Gasteiger partial charge in [0.15, 0.2) is 4.34 Å². The number of hydrogen-bond acceptors (Lipinski definition) is 9. The highest BCUT2D eigenvalue weighted by molar-refractivity contribution is 8.01. The lowest BCUT2D eigenvalue weighted by Gasteiger charge is -2.19. The summed E-state index contributed by atoms with van der Waals surface area (Å²) < 4.78 is 3.32. The van der Waals surface area contributed by atoms with Gasteiger partial charge in [-0.1, -0.05) is 102 Å². The van der Waals surface area contributed by atoms with Crippen LogP contribution in [0.5, 0.6) is 0 Å². The molecule has 2 N–H and O–H groups in total. The molecule has 6 rings (SSSR count). The van der Waals surface area contributed by atoms with Crippen LogP contribution in [0.3, 0.4) is 0 Å². The number of aromatic nitrogens is 5. The van der Waals surface area contributed by atoms with Crippen molar-refractivity contribution >= 4 is 62.6 Å². The van der Waals surface area contributed by atoms with Crippen molar-refractivity contribution in [2.24, 2.45) is 0 Å². The average molecular weight is 638 g/mol. The van der Waals surface area contributed by atoms with E-state index in [-0.39, 0.29) is 23.6 Å². The Balaban J connectivity index is 1.07. The lowest BCUT2D eigenvalue weighted by molar-refractivity contribution is -0.119. The summed E-state index contributed by atoms with van der Waals surface area (Å²) in [6, 6.07) is 34.8. The Morgan fingerprint density at radius 1 is 0.886 bits per heavy atom. The molecule has 0 fully saturated rings. The van der Waals surface area contributed by atoms with Gasteiger partial charge in [-0.2, -0.15) is 4.68 Å². The largest absolute Gasteiger partial charge is 0.344 e. The minimum Gasteiger partial charge on any atom is -0.344 e. The van der Waals surface area contributed by atoms with Crippen molar-refractivity contribution in [1.29, 1.82) is 0 Å². The summed E-state index contributed by atoms with van der Waals surface area (Å²) in [5, 5.41) is 18.2. The Bertz CT molecular complexity index is 1830. The molecule has 0 aliphatic carbocycles. The zero-order chi connectivity index (χ0) is 30.3. The van der Waals surface area contributed by atoms with E-state index in [0.29, 0.717) is 10.8 Å². The normalized spacial score (nSPS) is 11.9. The van der Waals surface area contributed by atoms with Gasteiger partial charge in [0.05, 0.1) is 32.9 Å². The highest BCUT2D eigenvalue weighted by Gasteiger charge is 2.20. The van der Waals surface area contributed by atoms with Crippen LogP contribution in [0.2, 0.25) is 0 Å². The van der Waals surface area contributed by atoms with Crippen LogP contribution in [0.4, 0.5) is 5.69 Å². The number of fused-ring (bicyclic) bond motifs is 1. The first kappa shape index (κ1) is 29.5. The standard InChI is InChI=1S/C32H27N7O2S3/c1-21(43-31-36-37-38-39(31)25-15-9-4-10-16-25)30(41)33-24-17-18-26-27(19-24)44-32(34-26)42-20-28(40)35-29(22-11-5-2-6-12-22)23-13-7-3-8-14-23/h2-19,21,29H,20H2,1H3,(H,33,41)(H,35,40).